The van der Waals surface area contributed by atoms with Crippen molar-refractivity contribution in [3.05, 3.63) is 64.5 Å². The van der Waals surface area contributed by atoms with Gasteiger partial charge in [-0.25, -0.2) is 0 Å². The first kappa shape index (κ1) is 16.8. The van der Waals surface area contributed by atoms with Crippen LogP contribution in [0.1, 0.15) is 29.4 Å². The number of aryl methyl sites for hydroxylation is 2. The van der Waals surface area contributed by atoms with Crippen LogP contribution in [0.2, 0.25) is 5.02 Å². The summed E-state index contributed by atoms with van der Waals surface area (Å²) in [4.78, 5) is 18.7. The lowest BCUT2D eigenvalue weighted by molar-refractivity contribution is -0.117. The molecular weight excluding hydrogens is 350 g/mol. The van der Waals surface area contributed by atoms with Gasteiger partial charge in [0.05, 0.1) is 5.92 Å². The summed E-state index contributed by atoms with van der Waals surface area (Å²) in [6.07, 6.45) is 0.348. The highest BCUT2D eigenvalue weighted by Gasteiger charge is 2.35. The molecule has 1 aliphatic rings. The number of carbonyl (C=O) groups excluding carboxylic acids is 1. The van der Waals surface area contributed by atoms with E-state index >= 15 is 0 Å². The zero-order valence-electron chi connectivity index (χ0n) is 14.6. The van der Waals surface area contributed by atoms with Crippen LogP contribution in [0, 0.1) is 13.8 Å². The summed E-state index contributed by atoms with van der Waals surface area (Å²) in [7, 11) is 0. The summed E-state index contributed by atoms with van der Waals surface area (Å²) in [6.45, 7) is 4.45. The van der Waals surface area contributed by atoms with Crippen molar-refractivity contribution >= 4 is 23.2 Å². The monoisotopic (exact) mass is 367 g/mol. The molecule has 1 fully saturated rings. The van der Waals surface area contributed by atoms with Gasteiger partial charge in [0.1, 0.15) is 0 Å². The van der Waals surface area contributed by atoms with Crippen molar-refractivity contribution in [2.45, 2.75) is 26.2 Å². The Labute approximate surface area is 156 Å². The fraction of sp³-hybridized carbons (Fsp3) is 0.250. The third-order valence-corrected chi connectivity index (χ3v) is 5.18. The Morgan fingerprint density at radius 3 is 2.73 bits per heavy atom. The number of halogens is 1. The van der Waals surface area contributed by atoms with Gasteiger partial charge in [0.25, 0.3) is 0 Å². The van der Waals surface area contributed by atoms with Gasteiger partial charge in [-0.15, -0.1) is 0 Å². The van der Waals surface area contributed by atoms with E-state index in [9.17, 15) is 4.79 Å². The van der Waals surface area contributed by atoms with Crippen LogP contribution < -0.4 is 4.90 Å². The molecule has 0 N–H and O–H groups in total. The minimum atomic E-state index is -0.118. The second kappa shape index (κ2) is 6.57. The summed E-state index contributed by atoms with van der Waals surface area (Å²) in [5, 5.41) is 4.75. The maximum Gasteiger partial charge on any atom is 0.232 e. The van der Waals surface area contributed by atoms with E-state index in [0.29, 0.717) is 29.7 Å². The largest absolute Gasteiger partial charge is 0.339 e. The van der Waals surface area contributed by atoms with Crippen LogP contribution in [-0.4, -0.2) is 22.6 Å². The molecular formula is C20H18ClN3O2. The van der Waals surface area contributed by atoms with Gasteiger partial charge in [0.2, 0.25) is 17.6 Å². The molecule has 1 aromatic heterocycles. The third-order valence-electron chi connectivity index (χ3n) is 4.77. The van der Waals surface area contributed by atoms with E-state index in [1.807, 2.05) is 56.3 Å². The van der Waals surface area contributed by atoms with Crippen molar-refractivity contribution in [3.63, 3.8) is 0 Å². The highest BCUT2D eigenvalue weighted by Crippen LogP contribution is 2.33. The van der Waals surface area contributed by atoms with Crippen LogP contribution in [0.3, 0.4) is 0 Å². The Morgan fingerprint density at radius 2 is 1.96 bits per heavy atom. The number of anilines is 1. The smallest absolute Gasteiger partial charge is 0.232 e. The van der Waals surface area contributed by atoms with E-state index in [1.54, 1.807) is 4.90 Å². The second-order valence-electron chi connectivity index (χ2n) is 6.61. The molecule has 1 atom stereocenters. The van der Waals surface area contributed by atoms with E-state index < -0.39 is 0 Å². The zero-order chi connectivity index (χ0) is 18.3. The average molecular weight is 368 g/mol. The van der Waals surface area contributed by atoms with Crippen LogP contribution in [0.25, 0.3) is 11.4 Å². The first-order chi connectivity index (χ1) is 12.5. The number of carbonyl (C=O) groups is 1. The van der Waals surface area contributed by atoms with E-state index in [0.717, 1.165) is 22.4 Å². The number of hydrogen-bond acceptors (Lipinski definition) is 4. The molecule has 0 unspecified atom stereocenters. The van der Waals surface area contributed by atoms with Crippen LogP contribution in [-0.2, 0) is 4.79 Å². The van der Waals surface area contributed by atoms with Crippen molar-refractivity contribution < 1.29 is 9.32 Å². The molecule has 3 aromatic rings. The number of nitrogens with zero attached hydrogens (tertiary/aromatic N) is 3. The Bertz CT molecular complexity index is 983. The second-order valence-corrected chi connectivity index (χ2v) is 7.02. The van der Waals surface area contributed by atoms with E-state index in [-0.39, 0.29) is 11.8 Å². The van der Waals surface area contributed by atoms with Gasteiger partial charge < -0.3 is 9.42 Å². The summed E-state index contributed by atoms with van der Waals surface area (Å²) in [6, 6.07) is 13.5. The molecule has 6 heteroatoms. The first-order valence-corrected chi connectivity index (χ1v) is 8.87. The van der Waals surface area contributed by atoms with Gasteiger partial charge in [-0.2, -0.15) is 4.98 Å². The number of aromatic nitrogens is 2. The topological polar surface area (TPSA) is 59.2 Å². The maximum absolute atomic E-state index is 12.5. The quantitative estimate of drug-likeness (QED) is 0.682. The molecule has 26 heavy (non-hydrogen) atoms. The molecule has 2 aromatic carbocycles. The van der Waals surface area contributed by atoms with Crippen LogP contribution in [0.5, 0.6) is 0 Å². The zero-order valence-corrected chi connectivity index (χ0v) is 15.3. The fourth-order valence-electron chi connectivity index (χ4n) is 3.21. The lowest BCUT2D eigenvalue weighted by Gasteiger charge is -2.17. The first-order valence-electron chi connectivity index (χ1n) is 8.49. The van der Waals surface area contributed by atoms with E-state index in [4.69, 9.17) is 16.1 Å². The van der Waals surface area contributed by atoms with Crippen LogP contribution >= 0.6 is 11.6 Å². The number of hydrogen-bond donors (Lipinski definition) is 0. The van der Waals surface area contributed by atoms with Gasteiger partial charge in [-0.1, -0.05) is 47.1 Å². The molecule has 132 valence electrons. The summed E-state index contributed by atoms with van der Waals surface area (Å²) in [5.74, 6) is 0.970. The highest BCUT2D eigenvalue weighted by atomic mass is 35.5. The number of amides is 1. The van der Waals surface area contributed by atoms with Gasteiger partial charge in [0, 0.05) is 29.2 Å². The minimum Gasteiger partial charge on any atom is -0.339 e. The van der Waals surface area contributed by atoms with Gasteiger partial charge in [-0.3, -0.25) is 4.79 Å². The standard InChI is InChI=1S/C20H18ClN3O2/c1-12-5-3-4-6-16(12)19-22-20(26-23-19)14-9-18(25)24(11-14)15-8-7-13(2)17(21)10-15/h3-8,10,14H,9,11H2,1-2H3/t14-/m1/s1. The third kappa shape index (κ3) is 2.99. The Hall–Kier alpha value is -2.66. The molecule has 1 amide bonds. The lowest BCUT2D eigenvalue weighted by atomic mass is 10.1. The SMILES string of the molecule is Cc1ccc(N2C[C@H](c3nc(-c4ccccc4C)no3)CC2=O)cc1Cl. The van der Waals surface area contributed by atoms with Gasteiger partial charge >= 0.3 is 0 Å². The summed E-state index contributed by atoms with van der Waals surface area (Å²) < 4.78 is 5.47. The molecule has 0 bridgehead atoms. The van der Waals surface area contributed by atoms with Crippen molar-refractivity contribution in [1.82, 2.24) is 10.1 Å². The molecule has 0 spiro atoms. The average Bonchev–Trinajstić information content (AvgIpc) is 3.25. The van der Waals surface area contributed by atoms with Crippen molar-refractivity contribution in [2.75, 3.05) is 11.4 Å². The predicted octanol–water partition coefficient (Wildman–Crippen LogP) is 4.53. The Morgan fingerprint density at radius 1 is 1.15 bits per heavy atom. The molecule has 0 saturated carbocycles. The molecule has 1 saturated heterocycles. The summed E-state index contributed by atoms with van der Waals surface area (Å²) in [5.41, 5.74) is 3.80. The molecule has 0 radical (unpaired) electrons. The molecule has 4 rings (SSSR count). The van der Waals surface area contributed by atoms with Crippen LogP contribution in [0.4, 0.5) is 5.69 Å². The van der Waals surface area contributed by atoms with Gasteiger partial charge in [-0.05, 0) is 37.1 Å². The molecule has 2 heterocycles. The fourth-order valence-corrected chi connectivity index (χ4v) is 3.38. The lowest BCUT2D eigenvalue weighted by Crippen LogP contribution is -2.24. The molecule has 0 aliphatic carbocycles. The van der Waals surface area contributed by atoms with E-state index in [1.165, 1.54) is 0 Å². The normalized spacial score (nSPS) is 17.1. The predicted molar refractivity (Wildman–Crippen MR) is 100 cm³/mol. The van der Waals surface area contributed by atoms with Crippen LogP contribution in [0.15, 0.2) is 47.0 Å². The number of benzene rings is 2. The Kier molecular flexibility index (Phi) is 4.24. The Balaban J connectivity index is 1.58. The number of rotatable bonds is 3. The maximum atomic E-state index is 12.5. The van der Waals surface area contributed by atoms with Gasteiger partial charge in [0.15, 0.2) is 0 Å². The minimum absolute atomic E-state index is 0.0329. The highest BCUT2D eigenvalue weighted by molar-refractivity contribution is 6.31. The van der Waals surface area contributed by atoms with Crippen molar-refractivity contribution in [1.29, 1.82) is 0 Å². The summed E-state index contributed by atoms with van der Waals surface area (Å²) >= 11 is 6.20. The van der Waals surface area contributed by atoms with Crippen molar-refractivity contribution in [2.24, 2.45) is 0 Å². The molecule has 1 aliphatic heterocycles. The molecule has 5 nitrogen and oxygen atoms in total. The van der Waals surface area contributed by atoms with E-state index in [2.05, 4.69) is 10.1 Å². The van der Waals surface area contributed by atoms with Crippen molar-refractivity contribution in [3.8, 4) is 11.4 Å².